The van der Waals surface area contributed by atoms with Gasteiger partial charge in [-0.2, -0.15) is 0 Å². The molecule has 0 amide bonds. The molecule has 1 saturated carbocycles. The molecule has 1 aromatic heterocycles. The predicted octanol–water partition coefficient (Wildman–Crippen LogP) is 3.01. The molecule has 0 radical (unpaired) electrons. The Bertz CT molecular complexity index is 953. The minimum Gasteiger partial charge on any atom is -0.492 e. The summed E-state index contributed by atoms with van der Waals surface area (Å²) >= 11 is 0. The Balaban J connectivity index is 1.67. The first kappa shape index (κ1) is 17.0. The third kappa shape index (κ3) is 2.64. The topological polar surface area (TPSA) is 37.7 Å². The second-order valence-electron chi connectivity index (χ2n) is 8.31. The summed E-state index contributed by atoms with van der Waals surface area (Å²) in [6, 6.07) is 3.80. The van der Waals surface area contributed by atoms with E-state index in [0.717, 1.165) is 38.0 Å². The van der Waals surface area contributed by atoms with Gasteiger partial charge in [-0.05, 0) is 51.3 Å². The molecule has 2 unspecified atom stereocenters. The van der Waals surface area contributed by atoms with Gasteiger partial charge in [-0.3, -0.25) is 4.79 Å². The highest BCUT2D eigenvalue weighted by molar-refractivity contribution is 5.91. The molecule has 6 heteroatoms. The summed E-state index contributed by atoms with van der Waals surface area (Å²) in [6.45, 7) is 2.75. The van der Waals surface area contributed by atoms with E-state index in [0.29, 0.717) is 34.8 Å². The number of likely N-dealkylation sites (tertiary alicyclic amines) is 1. The van der Waals surface area contributed by atoms with Crippen LogP contribution in [0.3, 0.4) is 0 Å². The van der Waals surface area contributed by atoms with E-state index in [1.165, 1.54) is 18.9 Å². The molecule has 0 N–H and O–H groups in total. The third-order valence-corrected chi connectivity index (χ3v) is 6.61. The summed E-state index contributed by atoms with van der Waals surface area (Å²) in [5, 5.41) is 0.413. The Hall–Kier alpha value is -2.08. The standard InChI is InChI=1S/C21H26FN3O2/c1-23-8-3-4-13-11-24(12-17(13)23)20-16(22)10-15-18(26)7-9-25(14-5-6-14)19(15)21(20)27-2/h7,9-10,13-14,17H,3-6,8,11-12H2,1-2H3. The second kappa shape index (κ2) is 6.23. The third-order valence-electron chi connectivity index (χ3n) is 6.61. The van der Waals surface area contributed by atoms with Gasteiger partial charge in [-0.15, -0.1) is 0 Å². The van der Waals surface area contributed by atoms with Crippen molar-refractivity contribution >= 4 is 16.6 Å². The second-order valence-corrected chi connectivity index (χ2v) is 8.31. The molecule has 2 saturated heterocycles. The van der Waals surface area contributed by atoms with Crippen molar-refractivity contribution in [2.75, 3.05) is 38.7 Å². The molecule has 2 aromatic rings. The van der Waals surface area contributed by atoms with Gasteiger partial charge in [0.05, 0.1) is 18.0 Å². The van der Waals surface area contributed by atoms with Crippen LogP contribution in [0.5, 0.6) is 5.75 Å². The number of ether oxygens (including phenoxy) is 1. The van der Waals surface area contributed by atoms with E-state index < -0.39 is 0 Å². The molecule has 144 valence electrons. The molecule has 1 aliphatic carbocycles. The summed E-state index contributed by atoms with van der Waals surface area (Å²) in [5.41, 5.74) is 1.11. The highest BCUT2D eigenvalue weighted by Crippen LogP contribution is 2.45. The van der Waals surface area contributed by atoms with E-state index in [1.54, 1.807) is 13.2 Å². The molecule has 2 atom stereocenters. The number of methoxy groups -OCH3 is 1. The summed E-state index contributed by atoms with van der Waals surface area (Å²) in [5.74, 6) is 0.715. The van der Waals surface area contributed by atoms with Crippen LogP contribution < -0.4 is 15.1 Å². The van der Waals surface area contributed by atoms with Gasteiger partial charge in [-0.1, -0.05) is 0 Å². The number of pyridine rings is 1. The Labute approximate surface area is 158 Å². The first-order valence-corrected chi connectivity index (χ1v) is 9.95. The Morgan fingerprint density at radius 3 is 2.74 bits per heavy atom. The van der Waals surface area contributed by atoms with Crippen LogP contribution in [0.4, 0.5) is 10.1 Å². The SMILES string of the molecule is COc1c(N2CC3CCCN(C)C3C2)c(F)cc2c(=O)ccn(C3CC3)c12. The number of piperidine rings is 1. The lowest BCUT2D eigenvalue weighted by molar-refractivity contribution is 0.158. The summed E-state index contributed by atoms with van der Waals surface area (Å²) < 4.78 is 23.1. The van der Waals surface area contributed by atoms with Crippen molar-refractivity contribution in [2.45, 2.75) is 37.8 Å². The van der Waals surface area contributed by atoms with Gasteiger partial charge in [0, 0.05) is 37.4 Å². The molecule has 2 aliphatic heterocycles. The van der Waals surface area contributed by atoms with Crippen molar-refractivity contribution in [3.8, 4) is 5.75 Å². The first-order valence-electron chi connectivity index (χ1n) is 9.95. The average molecular weight is 371 g/mol. The van der Waals surface area contributed by atoms with Crippen molar-refractivity contribution in [1.82, 2.24) is 9.47 Å². The molecular weight excluding hydrogens is 345 g/mol. The number of likely N-dealkylation sites (N-methyl/N-ethyl adjacent to an activating group) is 1. The minimum atomic E-state index is -0.355. The summed E-state index contributed by atoms with van der Waals surface area (Å²) in [6.07, 6.45) is 6.41. The van der Waals surface area contributed by atoms with E-state index in [2.05, 4.69) is 21.4 Å². The van der Waals surface area contributed by atoms with Crippen molar-refractivity contribution in [2.24, 2.45) is 5.92 Å². The van der Waals surface area contributed by atoms with Gasteiger partial charge >= 0.3 is 0 Å². The zero-order valence-corrected chi connectivity index (χ0v) is 15.9. The van der Waals surface area contributed by atoms with Crippen LogP contribution in [0.15, 0.2) is 23.1 Å². The Kier molecular flexibility index (Phi) is 3.93. The summed E-state index contributed by atoms with van der Waals surface area (Å²) in [7, 11) is 3.75. The van der Waals surface area contributed by atoms with Crippen LogP contribution in [0, 0.1) is 11.7 Å². The lowest BCUT2D eigenvalue weighted by Gasteiger charge is -2.33. The van der Waals surface area contributed by atoms with Crippen LogP contribution in [-0.2, 0) is 0 Å². The largest absolute Gasteiger partial charge is 0.492 e. The number of anilines is 1. The van der Waals surface area contributed by atoms with Gasteiger partial charge < -0.3 is 19.1 Å². The zero-order valence-electron chi connectivity index (χ0n) is 15.9. The number of nitrogens with zero attached hydrogens (tertiary/aromatic N) is 3. The number of fused-ring (bicyclic) bond motifs is 2. The van der Waals surface area contributed by atoms with Crippen molar-refractivity contribution in [1.29, 1.82) is 0 Å². The lowest BCUT2D eigenvalue weighted by atomic mass is 9.93. The van der Waals surface area contributed by atoms with Crippen LogP contribution in [0.25, 0.3) is 10.9 Å². The minimum absolute atomic E-state index is 0.152. The smallest absolute Gasteiger partial charge is 0.189 e. The molecule has 0 spiro atoms. The van der Waals surface area contributed by atoms with Crippen LogP contribution >= 0.6 is 0 Å². The molecule has 27 heavy (non-hydrogen) atoms. The maximum absolute atomic E-state index is 15.2. The van der Waals surface area contributed by atoms with Crippen LogP contribution in [0.1, 0.15) is 31.7 Å². The van der Waals surface area contributed by atoms with Crippen molar-refractivity contribution in [3.05, 3.63) is 34.4 Å². The maximum atomic E-state index is 15.2. The van der Waals surface area contributed by atoms with Gasteiger partial charge in [-0.25, -0.2) is 4.39 Å². The number of halogens is 1. The fourth-order valence-electron chi connectivity index (χ4n) is 5.10. The van der Waals surface area contributed by atoms with E-state index in [9.17, 15) is 4.79 Å². The normalized spacial score (nSPS) is 25.8. The highest BCUT2D eigenvalue weighted by atomic mass is 19.1. The van der Waals surface area contributed by atoms with Crippen LogP contribution in [0.2, 0.25) is 0 Å². The van der Waals surface area contributed by atoms with Gasteiger partial charge in [0.15, 0.2) is 17.0 Å². The van der Waals surface area contributed by atoms with Gasteiger partial charge in [0.25, 0.3) is 0 Å². The van der Waals surface area contributed by atoms with E-state index in [1.807, 2.05) is 6.20 Å². The molecule has 1 aromatic carbocycles. The molecule has 5 rings (SSSR count). The molecule has 3 fully saturated rings. The van der Waals surface area contributed by atoms with Gasteiger partial charge in [0.2, 0.25) is 0 Å². The highest BCUT2D eigenvalue weighted by Gasteiger charge is 2.40. The van der Waals surface area contributed by atoms with E-state index >= 15 is 4.39 Å². The maximum Gasteiger partial charge on any atom is 0.189 e. The molecule has 0 bridgehead atoms. The van der Waals surface area contributed by atoms with Crippen LogP contribution in [-0.4, -0.2) is 49.3 Å². The number of rotatable bonds is 3. The summed E-state index contributed by atoms with van der Waals surface area (Å²) in [4.78, 5) is 17.0. The quantitative estimate of drug-likeness (QED) is 0.831. The van der Waals surface area contributed by atoms with Crippen molar-refractivity contribution < 1.29 is 9.13 Å². The fraction of sp³-hybridized carbons (Fsp3) is 0.571. The number of hydrogen-bond acceptors (Lipinski definition) is 4. The number of benzene rings is 1. The predicted molar refractivity (Wildman–Crippen MR) is 104 cm³/mol. The molecule has 3 aliphatic rings. The Morgan fingerprint density at radius 2 is 2.04 bits per heavy atom. The molecule has 3 heterocycles. The monoisotopic (exact) mass is 371 g/mol. The average Bonchev–Trinajstić information content (AvgIpc) is 3.40. The first-order chi connectivity index (χ1) is 13.1. The fourth-order valence-corrected chi connectivity index (χ4v) is 5.10. The van der Waals surface area contributed by atoms with E-state index in [4.69, 9.17) is 4.74 Å². The lowest BCUT2D eigenvalue weighted by Crippen LogP contribution is -2.42. The number of aromatic nitrogens is 1. The van der Waals surface area contributed by atoms with Crippen molar-refractivity contribution in [3.63, 3.8) is 0 Å². The van der Waals surface area contributed by atoms with E-state index in [-0.39, 0.29) is 11.2 Å². The van der Waals surface area contributed by atoms with Gasteiger partial charge in [0.1, 0.15) is 5.69 Å². The Morgan fingerprint density at radius 1 is 1.22 bits per heavy atom. The number of hydrogen-bond donors (Lipinski definition) is 0. The zero-order chi connectivity index (χ0) is 18.7. The molecule has 5 nitrogen and oxygen atoms in total. The molecular formula is C21H26FN3O2.